The molecule has 2 aliphatic rings. The van der Waals surface area contributed by atoms with E-state index in [2.05, 4.69) is 19.8 Å². The van der Waals surface area contributed by atoms with E-state index in [4.69, 9.17) is 4.74 Å². The first kappa shape index (κ1) is 15.6. The number of nitrogens with zero attached hydrogens (tertiary/aromatic N) is 3. The van der Waals surface area contributed by atoms with E-state index in [0.29, 0.717) is 12.2 Å². The van der Waals surface area contributed by atoms with Gasteiger partial charge in [0.25, 0.3) is 5.91 Å². The van der Waals surface area contributed by atoms with Crippen LogP contribution in [0.3, 0.4) is 0 Å². The molecule has 2 aliphatic heterocycles. The molecule has 0 aliphatic carbocycles. The first-order valence-corrected chi connectivity index (χ1v) is 8.89. The highest BCUT2D eigenvalue weighted by molar-refractivity contribution is 5.97. The third-order valence-corrected chi connectivity index (χ3v) is 4.92. The van der Waals surface area contributed by atoms with Crippen LogP contribution in [0.4, 0.5) is 0 Å². The van der Waals surface area contributed by atoms with Crippen LogP contribution in [0.15, 0.2) is 18.2 Å². The number of nitrogens with one attached hydrogen (secondary N) is 1. The van der Waals surface area contributed by atoms with Gasteiger partial charge in [-0.1, -0.05) is 0 Å². The Hall–Kier alpha value is -1.92. The Morgan fingerprint density at radius 2 is 2.12 bits per heavy atom. The summed E-state index contributed by atoms with van der Waals surface area (Å²) in [5.41, 5.74) is 2.64. The van der Waals surface area contributed by atoms with Gasteiger partial charge in [-0.25, -0.2) is 4.98 Å². The monoisotopic (exact) mass is 328 g/mol. The summed E-state index contributed by atoms with van der Waals surface area (Å²) in [7, 11) is 0. The lowest BCUT2D eigenvalue weighted by Gasteiger charge is -2.15. The quantitative estimate of drug-likeness (QED) is 0.850. The van der Waals surface area contributed by atoms with E-state index in [0.717, 1.165) is 49.5 Å². The fourth-order valence-electron chi connectivity index (χ4n) is 3.61. The van der Waals surface area contributed by atoms with E-state index in [1.807, 2.05) is 18.2 Å². The molecule has 6 heteroatoms. The van der Waals surface area contributed by atoms with Crippen molar-refractivity contribution < 1.29 is 9.53 Å². The van der Waals surface area contributed by atoms with Gasteiger partial charge in [0.05, 0.1) is 17.6 Å². The molecule has 1 N–H and O–H groups in total. The molecular formula is C18H24N4O2. The van der Waals surface area contributed by atoms with Crippen LogP contribution in [0.2, 0.25) is 0 Å². The van der Waals surface area contributed by atoms with Crippen molar-refractivity contribution in [3.05, 3.63) is 29.6 Å². The van der Waals surface area contributed by atoms with Gasteiger partial charge in [-0.2, -0.15) is 0 Å². The highest BCUT2D eigenvalue weighted by Gasteiger charge is 2.16. The number of rotatable bonds is 5. The van der Waals surface area contributed by atoms with Crippen molar-refractivity contribution in [1.82, 2.24) is 19.8 Å². The van der Waals surface area contributed by atoms with E-state index in [1.165, 1.54) is 25.9 Å². The summed E-state index contributed by atoms with van der Waals surface area (Å²) < 4.78 is 7.62. The molecule has 24 heavy (non-hydrogen) atoms. The summed E-state index contributed by atoms with van der Waals surface area (Å²) in [5, 5.41) is 3.02. The fraction of sp³-hybridized carbons (Fsp3) is 0.556. The summed E-state index contributed by atoms with van der Waals surface area (Å²) in [6.07, 6.45) is 3.63. The molecule has 1 aromatic carbocycles. The number of carbonyl (C=O) groups excluding carboxylic acids is 1. The van der Waals surface area contributed by atoms with E-state index >= 15 is 0 Å². The van der Waals surface area contributed by atoms with Crippen LogP contribution in [-0.2, 0) is 17.9 Å². The summed E-state index contributed by atoms with van der Waals surface area (Å²) in [5.74, 6) is 0.931. The number of carbonyl (C=O) groups is 1. The standard InChI is InChI=1S/C18H24N4O2/c23-18(19-6-3-9-21-7-1-2-8-21)14-4-5-16-15(12-14)20-17-13-24-11-10-22(16)17/h4-5,12H,1-3,6-11,13H2,(H,19,23). The Morgan fingerprint density at radius 3 is 3.00 bits per heavy atom. The lowest BCUT2D eigenvalue weighted by molar-refractivity contribution is 0.0830. The van der Waals surface area contributed by atoms with Crippen LogP contribution in [0.1, 0.15) is 35.4 Å². The van der Waals surface area contributed by atoms with Gasteiger partial charge in [0.2, 0.25) is 0 Å². The lowest BCUT2D eigenvalue weighted by Crippen LogP contribution is -2.28. The Labute approximate surface area is 141 Å². The van der Waals surface area contributed by atoms with Gasteiger partial charge in [-0.3, -0.25) is 4.79 Å². The summed E-state index contributed by atoms with van der Waals surface area (Å²) in [6.45, 7) is 6.31. The second-order valence-electron chi connectivity index (χ2n) is 6.59. The fourth-order valence-corrected chi connectivity index (χ4v) is 3.61. The second-order valence-corrected chi connectivity index (χ2v) is 6.59. The number of aromatic nitrogens is 2. The molecule has 1 saturated heterocycles. The maximum atomic E-state index is 12.3. The number of imidazole rings is 1. The summed E-state index contributed by atoms with van der Waals surface area (Å²) >= 11 is 0. The van der Waals surface area contributed by atoms with Crippen molar-refractivity contribution in [3.8, 4) is 0 Å². The number of fused-ring (bicyclic) bond motifs is 3. The van der Waals surface area contributed by atoms with Crippen molar-refractivity contribution in [1.29, 1.82) is 0 Å². The lowest BCUT2D eigenvalue weighted by atomic mass is 10.2. The van der Waals surface area contributed by atoms with Crippen molar-refractivity contribution in [2.24, 2.45) is 0 Å². The second kappa shape index (κ2) is 6.91. The molecule has 1 fully saturated rings. The minimum atomic E-state index is -0.0134. The largest absolute Gasteiger partial charge is 0.372 e. The number of benzene rings is 1. The Balaban J connectivity index is 1.37. The molecule has 0 bridgehead atoms. The third kappa shape index (κ3) is 3.16. The van der Waals surface area contributed by atoms with Crippen LogP contribution in [0, 0.1) is 0 Å². The number of hydrogen-bond donors (Lipinski definition) is 1. The molecule has 0 spiro atoms. The normalized spacial score (nSPS) is 18.0. The van der Waals surface area contributed by atoms with E-state index in [1.54, 1.807) is 0 Å². The van der Waals surface area contributed by atoms with Gasteiger partial charge in [-0.05, 0) is 57.1 Å². The zero-order valence-electron chi connectivity index (χ0n) is 14.0. The molecule has 1 aromatic heterocycles. The van der Waals surface area contributed by atoms with Gasteiger partial charge >= 0.3 is 0 Å². The van der Waals surface area contributed by atoms with E-state index < -0.39 is 0 Å². The van der Waals surface area contributed by atoms with Crippen LogP contribution in [0.5, 0.6) is 0 Å². The van der Waals surface area contributed by atoms with Crippen molar-refractivity contribution in [2.45, 2.75) is 32.4 Å². The van der Waals surface area contributed by atoms with Crippen molar-refractivity contribution >= 4 is 16.9 Å². The molecule has 0 atom stereocenters. The predicted molar refractivity (Wildman–Crippen MR) is 92.0 cm³/mol. The summed E-state index contributed by atoms with van der Waals surface area (Å²) in [4.78, 5) is 19.4. The maximum absolute atomic E-state index is 12.3. The molecule has 2 aromatic rings. The van der Waals surface area contributed by atoms with Gasteiger partial charge in [0.1, 0.15) is 12.4 Å². The molecule has 3 heterocycles. The van der Waals surface area contributed by atoms with Crippen LogP contribution in [-0.4, -0.2) is 53.1 Å². The number of amides is 1. The molecule has 0 unspecified atom stereocenters. The van der Waals surface area contributed by atoms with Crippen molar-refractivity contribution in [3.63, 3.8) is 0 Å². The van der Waals surface area contributed by atoms with E-state index in [-0.39, 0.29) is 5.91 Å². The Bertz CT molecular complexity index is 734. The smallest absolute Gasteiger partial charge is 0.251 e. The highest BCUT2D eigenvalue weighted by Crippen LogP contribution is 2.20. The minimum absolute atomic E-state index is 0.0134. The average Bonchev–Trinajstić information content (AvgIpc) is 3.25. The van der Waals surface area contributed by atoms with Crippen LogP contribution >= 0.6 is 0 Å². The predicted octanol–water partition coefficient (Wildman–Crippen LogP) is 1.78. The zero-order chi connectivity index (χ0) is 16.4. The number of likely N-dealkylation sites (tertiary alicyclic amines) is 1. The Kier molecular flexibility index (Phi) is 4.49. The maximum Gasteiger partial charge on any atom is 0.251 e. The minimum Gasteiger partial charge on any atom is -0.372 e. The third-order valence-electron chi connectivity index (χ3n) is 4.92. The number of hydrogen-bond acceptors (Lipinski definition) is 4. The van der Waals surface area contributed by atoms with Crippen LogP contribution in [0.25, 0.3) is 11.0 Å². The average molecular weight is 328 g/mol. The molecular weight excluding hydrogens is 304 g/mol. The molecule has 0 saturated carbocycles. The van der Waals surface area contributed by atoms with Gasteiger partial charge in [0, 0.05) is 18.7 Å². The van der Waals surface area contributed by atoms with Crippen LogP contribution < -0.4 is 5.32 Å². The summed E-state index contributed by atoms with van der Waals surface area (Å²) in [6, 6.07) is 5.77. The number of ether oxygens (including phenoxy) is 1. The van der Waals surface area contributed by atoms with Gasteiger partial charge in [-0.15, -0.1) is 0 Å². The molecule has 6 nitrogen and oxygen atoms in total. The molecule has 4 rings (SSSR count). The molecule has 1 amide bonds. The van der Waals surface area contributed by atoms with E-state index in [9.17, 15) is 4.79 Å². The molecule has 128 valence electrons. The highest BCUT2D eigenvalue weighted by atomic mass is 16.5. The Morgan fingerprint density at radius 1 is 1.25 bits per heavy atom. The first-order valence-electron chi connectivity index (χ1n) is 8.89. The molecule has 0 radical (unpaired) electrons. The SMILES string of the molecule is O=C(NCCCN1CCCC1)c1ccc2c(c1)nc1n2CCOC1. The van der Waals surface area contributed by atoms with Crippen molar-refractivity contribution in [2.75, 3.05) is 32.8 Å². The van der Waals surface area contributed by atoms with Gasteiger partial charge in [0.15, 0.2) is 0 Å². The topological polar surface area (TPSA) is 59.4 Å². The first-order chi connectivity index (χ1) is 11.8. The van der Waals surface area contributed by atoms with Gasteiger partial charge < -0.3 is 19.5 Å². The zero-order valence-corrected chi connectivity index (χ0v) is 14.0.